The molecule has 0 aliphatic carbocycles. The molecule has 1 unspecified atom stereocenters. The standard InChI is InChI=1S/C12H15ClN2O/c1-3-15-7-8(2)12(16)14-10-6-9(13)4-5-11(10)15/h4-6,8H,3,7H2,1-2H3,(H,14,16). The van der Waals surface area contributed by atoms with Crippen LogP contribution in [0.15, 0.2) is 18.2 Å². The molecule has 0 fully saturated rings. The normalized spacial score (nSPS) is 20.1. The van der Waals surface area contributed by atoms with Gasteiger partial charge >= 0.3 is 0 Å². The van der Waals surface area contributed by atoms with E-state index in [9.17, 15) is 4.79 Å². The maximum atomic E-state index is 11.8. The zero-order valence-corrected chi connectivity index (χ0v) is 10.2. The number of anilines is 2. The van der Waals surface area contributed by atoms with Crippen LogP contribution in [0.4, 0.5) is 11.4 Å². The summed E-state index contributed by atoms with van der Waals surface area (Å²) in [7, 11) is 0. The molecular weight excluding hydrogens is 224 g/mol. The van der Waals surface area contributed by atoms with Crippen LogP contribution in [0, 0.1) is 5.92 Å². The van der Waals surface area contributed by atoms with Gasteiger partial charge in [-0.3, -0.25) is 4.79 Å². The van der Waals surface area contributed by atoms with E-state index >= 15 is 0 Å². The number of benzene rings is 1. The number of carbonyl (C=O) groups is 1. The van der Waals surface area contributed by atoms with Crippen LogP contribution in [0.25, 0.3) is 0 Å². The summed E-state index contributed by atoms with van der Waals surface area (Å²) in [6.45, 7) is 5.65. The molecule has 86 valence electrons. The molecule has 3 nitrogen and oxygen atoms in total. The lowest BCUT2D eigenvalue weighted by atomic mass is 10.1. The van der Waals surface area contributed by atoms with E-state index in [-0.39, 0.29) is 11.8 Å². The average Bonchev–Trinajstić information content (AvgIpc) is 2.36. The molecule has 1 amide bonds. The zero-order chi connectivity index (χ0) is 11.7. The molecule has 0 spiro atoms. The molecule has 0 radical (unpaired) electrons. The third kappa shape index (κ3) is 2.00. The van der Waals surface area contributed by atoms with Gasteiger partial charge in [0.15, 0.2) is 0 Å². The quantitative estimate of drug-likeness (QED) is 0.816. The number of nitrogens with one attached hydrogen (secondary N) is 1. The Morgan fingerprint density at radius 2 is 2.31 bits per heavy atom. The molecule has 1 atom stereocenters. The van der Waals surface area contributed by atoms with Gasteiger partial charge in [0.05, 0.1) is 17.3 Å². The highest BCUT2D eigenvalue weighted by Crippen LogP contribution is 2.32. The molecular formula is C12H15ClN2O. The van der Waals surface area contributed by atoms with Gasteiger partial charge in [-0.2, -0.15) is 0 Å². The minimum absolute atomic E-state index is 0.00822. The molecule has 0 saturated carbocycles. The first-order valence-corrected chi connectivity index (χ1v) is 5.85. The molecule has 1 aromatic carbocycles. The molecule has 1 aliphatic rings. The summed E-state index contributed by atoms with van der Waals surface area (Å²) in [6.07, 6.45) is 0. The maximum absolute atomic E-state index is 11.8. The number of hydrogen-bond donors (Lipinski definition) is 1. The lowest BCUT2D eigenvalue weighted by molar-refractivity contribution is -0.119. The van der Waals surface area contributed by atoms with Crippen LogP contribution in [-0.4, -0.2) is 19.0 Å². The van der Waals surface area contributed by atoms with E-state index < -0.39 is 0 Å². The van der Waals surface area contributed by atoms with E-state index in [0.29, 0.717) is 5.02 Å². The van der Waals surface area contributed by atoms with Gasteiger partial charge in [0.1, 0.15) is 0 Å². The van der Waals surface area contributed by atoms with Crippen LogP contribution < -0.4 is 10.2 Å². The van der Waals surface area contributed by atoms with Crippen molar-refractivity contribution in [3.63, 3.8) is 0 Å². The fourth-order valence-electron chi connectivity index (χ4n) is 1.95. The number of carbonyl (C=O) groups excluding carboxylic acids is 1. The van der Waals surface area contributed by atoms with Gasteiger partial charge in [0.2, 0.25) is 5.91 Å². The number of fused-ring (bicyclic) bond motifs is 1. The molecule has 16 heavy (non-hydrogen) atoms. The van der Waals surface area contributed by atoms with Crippen molar-refractivity contribution in [1.82, 2.24) is 0 Å². The van der Waals surface area contributed by atoms with E-state index in [0.717, 1.165) is 24.5 Å². The second-order valence-corrected chi connectivity index (χ2v) is 4.53. The Labute approximate surface area is 100 Å². The van der Waals surface area contributed by atoms with Gasteiger partial charge in [0, 0.05) is 18.1 Å². The second kappa shape index (κ2) is 4.34. The highest BCUT2D eigenvalue weighted by molar-refractivity contribution is 6.31. The summed E-state index contributed by atoms with van der Waals surface area (Å²) in [5.74, 6) is 0.0468. The lowest BCUT2D eigenvalue weighted by Gasteiger charge is -2.23. The Bertz CT molecular complexity index is 419. The molecule has 1 heterocycles. The van der Waals surface area contributed by atoms with Crippen LogP contribution >= 0.6 is 11.6 Å². The third-order valence-corrected chi connectivity index (χ3v) is 3.12. The molecule has 1 N–H and O–H groups in total. The smallest absolute Gasteiger partial charge is 0.229 e. The van der Waals surface area contributed by atoms with Crippen molar-refractivity contribution in [2.24, 2.45) is 5.92 Å². The minimum atomic E-state index is -0.00822. The van der Waals surface area contributed by atoms with Crippen molar-refractivity contribution in [1.29, 1.82) is 0 Å². The van der Waals surface area contributed by atoms with Gasteiger partial charge in [-0.25, -0.2) is 0 Å². The highest BCUT2D eigenvalue weighted by atomic mass is 35.5. The third-order valence-electron chi connectivity index (χ3n) is 2.88. The Morgan fingerprint density at radius 3 is 3.00 bits per heavy atom. The first kappa shape index (κ1) is 11.3. The molecule has 0 bridgehead atoms. The number of rotatable bonds is 1. The molecule has 0 aromatic heterocycles. The molecule has 4 heteroatoms. The minimum Gasteiger partial charge on any atom is -0.369 e. The fraction of sp³-hybridized carbons (Fsp3) is 0.417. The van der Waals surface area contributed by atoms with Crippen LogP contribution in [0.1, 0.15) is 13.8 Å². The van der Waals surface area contributed by atoms with Crippen LogP contribution in [-0.2, 0) is 4.79 Å². The van der Waals surface area contributed by atoms with Crippen molar-refractivity contribution in [2.45, 2.75) is 13.8 Å². The van der Waals surface area contributed by atoms with Crippen molar-refractivity contribution < 1.29 is 4.79 Å². The fourth-order valence-corrected chi connectivity index (χ4v) is 2.12. The van der Waals surface area contributed by atoms with E-state index in [4.69, 9.17) is 11.6 Å². The monoisotopic (exact) mass is 238 g/mol. The van der Waals surface area contributed by atoms with Gasteiger partial charge in [0.25, 0.3) is 0 Å². The van der Waals surface area contributed by atoms with Crippen LogP contribution in [0.3, 0.4) is 0 Å². The predicted octanol–water partition coefficient (Wildman–Crippen LogP) is 2.75. The van der Waals surface area contributed by atoms with Gasteiger partial charge < -0.3 is 10.2 Å². The van der Waals surface area contributed by atoms with Crippen molar-refractivity contribution in [2.75, 3.05) is 23.3 Å². The lowest BCUT2D eigenvalue weighted by Crippen LogP contribution is -2.30. The van der Waals surface area contributed by atoms with Crippen molar-refractivity contribution in [3.05, 3.63) is 23.2 Å². The van der Waals surface area contributed by atoms with E-state index in [2.05, 4.69) is 17.1 Å². The molecule has 1 aromatic rings. The first-order chi connectivity index (χ1) is 7.61. The Kier molecular flexibility index (Phi) is 3.06. The molecule has 1 aliphatic heterocycles. The maximum Gasteiger partial charge on any atom is 0.229 e. The average molecular weight is 239 g/mol. The zero-order valence-electron chi connectivity index (χ0n) is 9.46. The Hall–Kier alpha value is -1.22. The molecule has 0 saturated heterocycles. The van der Waals surface area contributed by atoms with E-state index in [1.54, 1.807) is 6.07 Å². The SMILES string of the molecule is CCN1CC(C)C(=O)Nc2cc(Cl)ccc21. The summed E-state index contributed by atoms with van der Waals surface area (Å²) >= 11 is 5.94. The summed E-state index contributed by atoms with van der Waals surface area (Å²) < 4.78 is 0. The predicted molar refractivity (Wildman–Crippen MR) is 67.1 cm³/mol. The summed E-state index contributed by atoms with van der Waals surface area (Å²) in [6, 6.07) is 5.61. The number of amides is 1. The molecule has 2 rings (SSSR count). The van der Waals surface area contributed by atoms with Crippen LogP contribution in [0.2, 0.25) is 5.02 Å². The number of halogens is 1. The van der Waals surface area contributed by atoms with Gasteiger partial charge in [-0.05, 0) is 25.1 Å². The Balaban J connectivity index is 2.46. The summed E-state index contributed by atoms with van der Waals surface area (Å²) in [5, 5.41) is 3.56. The van der Waals surface area contributed by atoms with E-state index in [1.807, 2.05) is 19.1 Å². The summed E-state index contributed by atoms with van der Waals surface area (Å²) in [5.41, 5.74) is 1.85. The largest absolute Gasteiger partial charge is 0.369 e. The van der Waals surface area contributed by atoms with Crippen LogP contribution in [0.5, 0.6) is 0 Å². The Morgan fingerprint density at radius 1 is 1.56 bits per heavy atom. The second-order valence-electron chi connectivity index (χ2n) is 4.09. The number of hydrogen-bond acceptors (Lipinski definition) is 2. The van der Waals surface area contributed by atoms with E-state index in [1.165, 1.54) is 0 Å². The number of nitrogens with zero attached hydrogens (tertiary/aromatic N) is 1. The summed E-state index contributed by atoms with van der Waals surface area (Å²) in [4.78, 5) is 14.0. The highest BCUT2D eigenvalue weighted by Gasteiger charge is 2.23. The van der Waals surface area contributed by atoms with Gasteiger partial charge in [-0.15, -0.1) is 0 Å². The topological polar surface area (TPSA) is 32.3 Å². The van der Waals surface area contributed by atoms with Gasteiger partial charge in [-0.1, -0.05) is 18.5 Å². The first-order valence-electron chi connectivity index (χ1n) is 5.47. The van der Waals surface area contributed by atoms with Crippen molar-refractivity contribution >= 4 is 28.9 Å². The van der Waals surface area contributed by atoms with Crippen molar-refractivity contribution in [3.8, 4) is 0 Å².